The number of imidazole rings is 1. The summed E-state index contributed by atoms with van der Waals surface area (Å²) < 4.78 is 5.73. The fourth-order valence-corrected chi connectivity index (χ4v) is 2.78. The average Bonchev–Trinajstić information content (AvgIpc) is 3.36. The summed E-state index contributed by atoms with van der Waals surface area (Å²) in [4.78, 5) is 30.5. The molecule has 3 heterocycles. The van der Waals surface area contributed by atoms with Crippen LogP contribution >= 0.6 is 0 Å². The second kappa shape index (κ2) is 5.73. The normalized spacial score (nSPS) is 21.4. The van der Waals surface area contributed by atoms with Crippen LogP contribution < -0.4 is 0 Å². The highest BCUT2D eigenvalue weighted by Crippen LogP contribution is 2.37. The minimum Gasteiger partial charge on any atom is -0.367 e. The van der Waals surface area contributed by atoms with Crippen molar-refractivity contribution < 1.29 is 9.53 Å². The van der Waals surface area contributed by atoms with Gasteiger partial charge >= 0.3 is 0 Å². The molecule has 7 heteroatoms. The third-order valence-electron chi connectivity index (χ3n) is 4.24. The summed E-state index contributed by atoms with van der Waals surface area (Å²) in [7, 11) is 0. The summed E-state index contributed by atoms with van der Waals surface area (Å²) in [6.07, 6.45) is 7.15. The highest BCUT2D eigenvalue weighted by Gasteiger charge is 2.29. The maximum Gasteiger partial charge on any atom is 0.257 e. The third kappa shape index (κ3) is 2.96. The number of nitrogens with one attached hydrogen (secondary N) is 1. The van der Waals surface area contributed by atoms with Gasteiger partial charge in [0, 0.05) is 36.7 Å². The summed E-state index contributed by atoms with van der Waals surface area (Å²) >= 11 is 0. The molecule has 0 spiro atoms. The number of carbonyl (C=O) groups excluding carboxylic acids is 1. The second-order valence-electron chi connectivity index (χ2n) is 6.17. The Morgan fingerprint density at radius 1 is 1.26 bits per heavy atom. The quantitative estimate of drug-likeness (QED) is 0.930. The molecule has 23 heavy (non-hydrogen) atoms. The summed E-state index contributed by atoms with van der Waals surface area (Å²) in [6.45, 7) is 3.49. The monoisotopic (exact) mass is 313 g/mol. The number of aromatic amines is 1. The van der Waals surface area contributed by atoms with Crippen LogP contribution in [0.25, 0.3) is 0 Å². The molecular formula is C16H19N5O2. The first-order valence-corrected chi connectivity index (χ1v) is 7.95. The van der Waals surface area contributed by atoms with Gasteiger partial charge in [-0.05, 0) is 19.8 Å². The van der Waals surface area contributed by atoms with Crippen LogP contribution in [0.15, 0.2) is 18.6 Å². The van der Waals surface area contributed by atoms with Gasteiger partial charge in [-0.15, -0.1) is 0 Å². The maximum absolute atomic E-state index is 12.6. The highest BCUT2D eigenvalue weighted by molar-refractivity contribution is 5.93. The molecule has 4 rings (SSSR count). The van der Waals surface area contributed by atoms with Crippen LogP contribution in [0.1, 0.15) is 52.6 Å². The molecule has 0 unspecified atom stereocenters. The van der Waals surface area contributed by atoms with Gasteiger partial charge in [-0.25, -0.2) is 15.0 Å². The molecule has 1 aliphatic heterocycles. The Bertz CT molecular complexity index is 708. The molecule has 2 fully saturated rings. The van der Waals surface area contributed by atoms with E-state index in [1.807, 2.05) is 6.92 Å². The van der Waals surface area contributed by atoms with Gasteiger partial charge in [0.25, 0.3) is 5.91 Å². The summed E-state index contributed by atoms with van der Waals surface area (Å²) in [5.74, 6) is 2.06. The van der Waals surface area contributed by atoms with E-state index in [9.17, 15) is 4.79 Å². The van der Waals surface area contributed by atoms with Crippen LogP contribution in [0.4, 0.5) is 0 Å². The summed E-state index contributed by atoms with van der Waals surface area (Å²) in [5, 5.41) is 0. The third-order valence-corrected chi connectivity index (χ3v) is 4.24. The smallest absolute Gasteiger partial charge is 0.257 e. The zero-order valence-corrected chi connectivity index (χ0v) is 13.0. The Morgan fingerprint density at radius 2 is 2.04 bits per heavy atom. The number of aryl methyl sites for hydroxylation is 1. The number of rotatable bonds is 3. The molecule has 1 aliphatic carbocycles. The van der Waals surface area contributed by atoms with E-state index >= 15 is 0 Å². The van der Waals surface area contributed by atoms with Crippen molar-refractivity contribution in [1.29, 1.82) is 0 Å². The van der Waals surface area contributed by atoms with E-state index in [0.29, 0.717) is 31.2 Å². The largest absolute Gasteiger partial charge is 0.367 e. The first-order valence-electron chi connectivity index (χ1n) is 7.95. The van der Waals surface area contributed by atoms with Gasteiger partial charge in [0.15, 0.2) is 0 Å². The van der Waals surface area contributed by atoms with E-state index in [1.165, 1.54) is 0 Å². The summed E-state index contributed by atoms with van der Waals surface area (Å²) in [5.41, 5.74) is 1.52. The first-order chi connectivity index (χ1) is 11.2. The minimum atomic E-state index is -0.215. The van der Waals surface area contributed by atoms with Gasteiger partial charge < -0.3 is 14.6 Å². The van der Waals surface area contributed by atoms with Crippen molar-refractivity contribution in [3.63, 3.8) is 0 Å². The molecular weight excluding hydrogens is 294 g/mol. The van der Waals surface area contributed by atoms with Crippen LogP contribution in [0.5, 0.6) is 0 Å². The molecule has 1 N–H and O–H groups in total. The van der Waals surface area contributed by atoms with Gasteiger partial charge in [-0.2, -0.15) is 0 Å². The Labute approximate surface area is 134 Å². The molecule has 0 aromatic carbocycles. The van der Waals surface area contributed by atoms with Crippen molar-refractivity contribution in [2.75, 3.05) is 19.7 Å². The fourth-order valence-electron chi connectivity index (χ4n) is 2.78. The molecule has 120 valence electrons. The van der Waals surface area contributed by atoms with E-state index in [1.54, 1.807) is 23.5 Å². The van der Waals surface area contributed by atoms with Crippen molar-refractivity contribution in [3.05, 3.63) is 41.5 Å². The number of nitrogens with zero attached hydrogens (tertiary/aromatic N) is 4. The lowest BCUT2D eigenvalue weighted by Gasteiger charge is -2.32. The van der Waals surface area contributed by atoms with Crippen LogP contribution in [-0.4, -0.2) is 50.4 Å². The molecule has 2 aliphatic rings. The van der Waals surface area contributed by atoms with Gasteiger partial charge in [0.05, 0.1) is 18.7 Å². The van der Waals surface area contributed by atoms with Crippen molar-refractivity contribution in [1.82, 2.24) is 24.8 Å². The first kappa shape index (κ1) is 14.3. The lowest BCUT2D eigenvalue weighted by Crippen LogP contribution is -2.42. The SMILES string of the molecule is Cc1cnc([C@H]2CN(C(=O)c3cnc(C4CC4)nc3)CCO2)[nH]1. The zero-order valence-electron chi connectivity index (χ0n) is 13.0. The number of morpholine rings is 1. The lowest BCUT2D eigenvalue weighted by atomic mass is 10.2. The molecule has 7 nitrogen and oxygen atoms in total. The lowest BCUT2D eigenvalue weighted by molar-refractivity contribution is -0.0265. The van der Waals surface area contributed by atoms with Gasteiger partial charge in [0.2, 0.25) is 0 Å². The predicted molar refractivity (Wildman–Crippen MR) is 81.9 cm³/mol. The van der Waals surface area contributed by atoms with Gasteiger partial charge in [-0.1, -0.05) is 0 Å². The summed E-state index contributed by atoms with van der Waals surface area (Å²) in [6, 6.07) is 0. The van der Waals surface area contributed by atoms with Crippen molar-refractivity contribution in [2.45, 2.75) is 31.8 Å². The topological polar surface area (TPSA) is 84.0 Å². The Morgan fingerprint density at radius 3 is 2.70 bits per heavy atom. The zero-order chi connectivity index (χ0) is 15.8. The van der Waals surface area contributed by atoms with Gasteiger partial charge in [0.1, 0.15) is 17.8 Å². The Kier molecular flexibility index (Phi) is 3.57. The number of hydrogen-bond donors (Lipinski definition) is 1. The fraction of sp³-hybridized carbons (Fsp3) is 0.500. The van der Waals surface area contributed by atoms with Crippen LogP contribution in [0, 0.1) is 6.92 Å². The van der Waals surface area contributed by atoms with E-state index < -0.39 is 0 Å². The predicted octanol–water partition coefficient (Wildman–Crippen LogP) is 1.60. The molecule has 0 bridgehead atoms. The molecule has 2 aromatic heterocycles. The number of amides is 1. The van der Waals surface area contributed by atoms with E-state index in [0.717, 1.165) is 30.2 Å². The Balaban J connectivity index is 1.46. The highest BCUT2D eigenvalue weighted by atomic mass is 16.5. The molecule has 1 saturated heterocycles. The molecule has 0 radical (unpaired) electrons. The number of aromatic nitrogens is 4. The second-order valence-corrected chi connectivity index (χ2v) is 6.17. The number of H-pyrrole nitrogens is 1. The number of ether oxygens (including phenoxy) is 1. The Hall–Kier alpha value is -2.28. The number of carbonyl (C=O) groups is 1. The molecule has 1 saturated carbocycles. The van der Waals surface area contributed by atoms with Crippen molar-refractivity contribution >= 4 is 5.91 Å². The minimum absolute atomic E-state index is 0.0519. The van der Waals surface area contributed by atoms with E-state index in [4.69, 9.17) is 4.74 Å². The van der Waals surface area contributed by atoms with E-state index in [2.05, 4.69) is 19.9 Å². The van der Waals surface area contributed by atoms with E-state index in [-0.39, 0.29) is 12.0 Å². The molecule has 2 aromatic rings. The van der Waals surface area contributed by atoms with Gasteiger partial charge in [-0.3, -0.25) is 4.79 Å². The van der Waals surface area contributed by atoms with Crippen LogP contribution in [0.2, 0.25) is 0 Å². The average molecular weight is 313 g/mol. The van der Waals surface area contributed by atoms with Crippen molar-refractivity contribution in [2.24, 2.45) is 0 Å². The standard InChI is InChI=1S/C16H19N5O2/c1-10-6-17-15(20-10)13-9-21(4-5-23-13)16(22)12-7-18-14(19-8-12)11-2-3-11/h6-8,11,13H,2-5,9H2,1H3,(H,17,20)/t13-/m1/s1. The van der Waals surface area contributed by atoms with Crippen LogP contribution in [0.3, 0.4) is 0 Å². The molecule has 1 atom stereocenters. The maximum atomic E-state index is 12.6. The van der Waals surface area contributed by atoms with Crippen LogP contribution in [-0.2, 0) is 4.74 Å². The molecule has 1 amide bonds. The van der Waals surface area contributed by atoms with Crippen molar-refractivity contribution in [3.8, 4) is 0 Å². The number of hydrogen-bond acceptors (Lipinski definition) is 5.